The lowest BCUT2D eigenvalue weighted by molar-refractivity contribution is -0.129. The van der Waals surface area contributed by atoms with Crippen molar-refractivity contribution in [1.29, 1.82) is 0 Å². The van der Waals surface area contributed by atoms with Crippen molar-refractivity contribution < 1.29 is 28.2 Å². The standard InChI is InChI=1S/C35H31Cl2F2N3O4/c36-26-12-16-29(30(37)20-26)32-35(17-4-8-23-6-2-1-3-7-23,34(44)42-40-22-25-9-13-27(38)21-31(25)39)41-33(46-32)24-10-14-28(15-11-24)45-19-5-18-43/h1-4,6-16,20-21,32,40,43H,5,17-19,22H2,(H,42,44)/b8-4+/t32-,35-/m0/s1. The van der Waals surface area contributed by atoms with Crippen LogP contribution in [-0.2, 0) is 16.1 Å². The molecule has 0 radical (unpaired) electrons. The minimum atomic E-state index is -1.58. The minimum absolute atomic E-state index is 0.0218. The van der Waals surface area contributed by atoms with Gasteiger partial charge in [-0.05, 0) is 48.0 Å². The topological polar surface area (TPSA) is 92.2 Å². The molecule has 1 amide bonds. The first-order chi connectivity index (χ1) is 22.3. The zero-order valence-electron chi connectivity index (χ0n) is 24.6. The molecule has 3 N–H and O–H groups in total. The number of nitrogens with one attached hydrogen (secondary N) is 2. The molecule has 0 saturated carbocycles. The van der Waals surface area contributed by atoms with Crippen LogP contribution in [0.15, 0.2) is 102 Å². The summed E-state index contributed by atoms with van der Waals surface area (Å²) in [5.41, 5.74) is 5.99. The lowest BCUT2D eigenvalue weighted by Crippen LogP contribution is -2.52. The van der Waals surface area contributed by atoms with Gasteiger partial charge >= 0.3 is 0 Å². The van der Waals surface area contributed by atoms with Crippen LogP contribution in [0.3, 0.4) is 0 Å². The Morgan fingerprint density at radius 1 is 1.02 bits per heavy atom. The molecule has 11 heteroatoms. The molecular formula is C35H31Cl2F2N3O4. The van der Waals surface area contributed by atoms with Crippen molar-refractivity contribution in [2.75, 3.05) is 13.2 Å². The average molecular weight is 667 g/mol. The van der Waals surface area contributed by atoms with E-state index in [2.05, 4.69) is 10.9 Å². The molecule has 5 rings (SSSR count). The Morgan fingerprint density at radius 2 is 1.80 bits per heavy atom. The summed E-state index contributed by atoms with van der Waals surface area (Å²) < 4.78 is 39.8. The quantitative estimate of drug-likeness (QED) is 0.104. The van der Waals surface area contributed by atoms with Gasteiger partial charge in [-0.25, -0.2) is 19.2 Å². The van der Waals surface area contributed by atoms with Gasteiger partial charge in [0.1, 0.15) is 17.4 Å². The maximum Gasteiger partial charge on any atom is 0.266 e. The van der Waals surface area contributed by atoms with Crippen LogP contribution in [-0.4, -0.2) is 35.7 Å². The predicted octanol–water partition coefficient (Wildman–Crippen LogP) is 7.21. The number of hydrogen-bond donors (Lipinski definition) is 3. The number of hydrogen-bond acceptors (Lipinski definition) is 6. The molecule has 0 bridgehead atoms. The van der Waals surface area contributed by atoms with Gasteiger partial charge in [0.2, 0.25) is 5.90 Å². The number of aliphatic hydroxyl groups is 1. The first kappa shape index (κ1) is 33.1. The van der Waals surface area contributed by atoms with Crippen LogP contribution in [0.4, 0.5) is 8.78 Å². The van der Waals surface area contributed by atoms with Crippen molar-refractivity contribution in [3.63, 3.8) is 0 Å². The van der Waals surface area contributed by atoms with E-state index in [9.17, 15) is 13.6 Å². The zero-order chi connectivity index (χ0) is 32.5. The van der Waals surface area contributed by atoms with Gasteiger partial charge in [0, 0.05) is 58.8 Å². The number of aliphatic imine (C=N–C) groups is 1. The van der Waals surface area contributed by atoms with Gasteiger partial charge in [-0.1, -0.05) is 77.8 Å². The Balaban J connectivity index is 1.51. The molecule has 238 valence electrons. The third kappa shape index (κ3) is 7.92. The Labute approximate surface area is 275 Å². The van der Waals surface area contributed by atoms with Gasteiger partial charge in [0.05, 0.1) is 6.61 Å². The highest BCUT2D eigenvalue weighted by Crippen LogP contribution is 2.45. The monoisotopic (exact) mass is 665 g/mol. The number of rotatable bonds is 13. The second-order valence-electron chi connectivity index (χ2n) is 10.5. The largest absolute Gasteiger partial charge is 0.494 e. The van der Waals surface area contributed by atoms with Crippen LogP contribution < -0.4 is 15.6 Å². The third-order valence-corrected chi connectivity index (χ3v) is 7.87. The molecule has 0 unspecified atom stereocenters. The van der Waals surface area contributed by atoms with Gasteiger partial charge in [-0.3, -0.25) is 10.2 Å². The van der Waals surface area contributed by atoms with E-state index >= 15 is 0 Å². The fraction of sp³-hybridized carbons (Fsp3) is 0.200. The Hall–Kier alpha value is -4.28. The highest BCUT2D eigenvalue weighted by Gasteiger charge is 2.53. The lowest BCUT2D eigenvalue weighted by Gasteiger charge is -2.30. The number of carbonyl (C=O) groups excluding carboxylic acids is 1. The minimum Gasteiger partial charge on any atom is -0.494 e. The Bertz CT molecular complexity index is 1720. The maximum atomic E-state index is 14.3. The van der Waals surface area contributed by atoms with E-state index in [-0.39, 0.29) is 36.1 Å². The molecule has 0 fully saturated rings. The summed E-state index contributed by atoms with van der Waals surface area (Å²) in [6.07, 6.45) is 3.31. The summed E-state index contributed by atoms with van der Waals surface area (Å²) in [5, 5.41) is 9.73. The molecule has 0 saturated heterocycles. The highest BCUT2D eigenvalue weighted by atomic mass is 35.5. The highest BCUT2D eigenvalue weighted by molar-refractivity contribution is 6.35. The van der Waals surface area contributed by atoms with Gasteiger partial charge in [-0.2, -0.15) is 0 Å². The molecular weight excluding hydrogens is 635 g/mol. The maximum absolute atomic E-state index is 14.3. The zero-order valence-corrected chi connectivity index (χ0v) is 26.1. The number of carbonyl (C=O) groups is 1. The summed E-state index contributed by atoms with van der Waals surface area (Å²) in [4.78, 5) is 19.1. The van der Waals surface area contributed by atoms with E-state index in [1.165, 1.54) is 6.07 Å². The van der Waals surface area contributed by atoms with E-state index < -0.39 is 29.2 Å². The first-order valence-corrected chi connectivity index (χ1v) is 15.3. The fourth-order valence-corrected chi connectivity index (χ4v) is 5.45. The van der Waals surface area contributed by atoms with Crippen LogP contribution in [0, 0.1) is 11.6 Å². The lowest BCUT2D eigenvalue weighted by atomic mass is 9.84. The Morgan fingerprint density at radius 3 is 2.52 bits per heavy atom. The summed E-state index contributed by atoms with van der Waals surface area (Å²) in [5.74, 6) is -1.22. The summed E-state index contributed by atoms with van der Waals surface area (Å²) in [7, 11) is 0. The van der Waals surface area contributed by atoms with Crippen molar-refractivity contribution >= 4 is 41.1 Å². The number of hydrazine groups is 1. The molecule has 4 aromatic carbocycles. The molecule has 1 aliphatic rings. The second kappa shape index (κ2) is 15.3. The van der Waals surface area contributed by atoms with Gasteiger partial charge < -0.3 is 14.6 Å². The molecule has 2 atom stereocenters. The second-order valence-corrected chi connectivity index (χ2v) is 11.4. The number of ether oxygens (including phenoxy) is 2. The van der Waals surface area contributed by atoms with E-state index in [0.717, 1.165) is 17.7 Å². The molecule has 4 aromatic rings. The van der Waals surface area contributed by atoms with Crippen LogP contribution in [0.1, 0.15) is 41.2 Å². The molecule has 0 aromatic heterocycles. The van der Waals surface area contributed by atoms with E-state index in [0.29, 0.717) is 34.9 Å². The van der Waals surface area contributed by atoms with Crippen molar-refractivity contribution in [3.05, 3.63) is 141 Å². The van der Waals surface area contributed by atoms with E-state index in [1.807, 2.05) is 42.5 Å². The van der Waals surface area contributed by atoms with Crippen molar-refractivity contribution in [1.82, 2.24) is 10.9 Å². The van der Waals surface area contributed by atoms with Crippen molar-refractivity contribution in [2.24, 2.45) is 4.99 Å². The molecule has 46 heavy (non-hydrogen) atoms. The summed E-state index contributed by atoms with van der Waals surface area (Å²) in [6.45, 7) is 0.263. The first-order valence-electron chi connectivity index (χ1n) is 14.5. The van der Waals surface area contributed by atoms with Crippen LogP contribution in [0.2, 0.25) is 10.0 Å². The van der Waals surface area contributed by atoms with Gasteiger partial charge in [0.15, 0.2) is 11.6 Å². The molecule has 7 nitrogen and oxygen atoms in total. The van der Waals surface area contributed by atoms with E-state index in [4.69, 9.17) is 42.8 Å². The average Bonchev–Trinajstić information content (AvgIpc) is 3.43. The molecule has 1 heterocycles. The number of halogens is 4. The SMILES string of the molecule is O=C(NNCc1ccc(F)cc1F)[C@@]1(C/C=C/c2ccccc2)N=C(c2ccc(OCCCO)cc2)O[C@H]1c1ccc(Cl)cc1Cl. The van der Waals surface area contributed by atoms with Gasteiger partial charge in [0.25, 0.3) is 5.91 Å². The number of aliphatic hydroxyl groups excluding tert-OH is 1. The van der Waals surface area contributed by atoms with Crippen molar-refractivity contribution in [2.45, 2.75) is 31.0 Å². The van der Waals surface area contributed by atoms with Crippen LogP contribution in [0.5, 0.6) is 5.75 Å². The Kier molecular flexibility index (Phi) is 11.0. The van der Waals surface area contributed by atoms with Crippen molar-refractivity contribution in [3.8, 4) is 5.75 Å². The normalized spacial score (nSPS) is 17.5. The third-order valence-electron chi connectivity index (χ3n) is 7.31. The molecule has 0 spiro atoms. The van der Waals surface area contributed by atoms with Crippen LogP contribution in [0.25, 0.3) is 6.08 Å². The number of nitrogens with zero attached hydrogens (tertiary/aromatic N) is 1. The van der Waals surface area contributed by atoms with Crippen LogP contribution >= 0.6 is 23.2 Å². The van der Waals surface area contributed by atoms with E-state index in [1.54, 1.807) is 42.5 Å². The number of benzene rings is 4. The summed E-state index contributed by atoms with van der Waals surface area (Å²) in [6, 6.07) is 24.7. The van der Waals surface area contributed by atoms with Gasteiger partial charge in [-0.15, -0.1) is 0 Å². The number of amides is 1. The smallest absolute Gasteiger partial charge is 0.266 e. The summed E-state index contributed by atoms with van der Waals surface area (Å²) >= 11 is 12.9. The molecule has 1 aliphatic heterocycles. The fourth-order valence-electron chi connectivity index (χ4n) is 4.94. The molecule has 0 aliphatic carbocycles. The predicted molar refractivity (Wildman–Crippen MR) is 175 cm³/mol.